The number of carbonyl (C=O) groups excluding carboxylic acids is 1. The fraction of sp³-hybridized carbons (Fsp3) is 0.111. The summed E-state index contributed by atoms with van der Waals surface area (Å²) in [5, 5.41) is 26.0. The molecular weight excluding hydrogens is 254 g/mol. The normalized spacial score (nSPS) is 10.1. The summed E-state index contributed by atoms with van der Waals surface area (Å²) < 4.78 is 0. The number of aromatic amines is 1. The first-order valence-electron chi connectivity index (χ1n) is 5.12. The van der Waals surface area contributed by atoms with Crippen molar-refractivity contribution < 1.29 is 9.72 Å². The molecule has 0 aliphatic carbocycles. The number of rotatable bonds is 4. The van der Waals surface area contributed by atoms with Gasteiger partial charge in [-0.1, -0.05) is 5.21 Å². The van der Waals surface area contributed by atoms with Crippen LogP contribution in [0.3, 0.4) is 0 Å². The van der Waals surface area contributed by atoms with Gasteiger partial charge in [0.05, 0.1) is 17.0 Å². The quantitative estimate of drug-likeness (QED) is 0.386. The molecule has 0 aliphatic rings. The number of hydrogen-bond acceptors (Lipinski definition) is 7. The lowest BCUT2D eigenvalue weighted by atomic mass is 10.1. The van der Waals surface area contributed by atoms with Gasteiger partial charge in [-0.15, -0.1) is 10.2 Å². The molecular formula is C9H9N7O3. The predicted molar refractivity (Wildman–Crippen MR) is 62.9 cm³/mol. The van der Waals surface area contributed by atoms with Crippen molar-refractivity contribution in [2.45, 2.75) is 6.54 Å². The minimum atomic E-state index is -0.602. The van der Waals surface area contributed by atoms with Gasteiger partial charge in [0, 0.05) is 17.8 Å². The number of hydrogen-bond donors (Lipinski definition) is 3. The standard InChI is InChI=1S/C9H9N7O3/c10-7-2-1-5(16(18)19)3-6(7)9(17)11-4-8-12-14-15-13-8/h1-3H,4,10H2,(H,11,17)(H,12,13,14,15). The SMILES string of the molecule is Nc1ccc([N+](=O)[O-])cc1C(=O)NCc1nn[nH]n1. The summed E-state index contributed by atoms with van der Waals surface area (Å²) >= 11 is 0. The molecule has 0 bridgehead atoms. The van der Waals surface area contributed by atoms with Crippen LogP contribution in [0, 0.1) is 10.1 Å². The maximum Gasteiger partial charge on any atom is 0.270 e. The minimum absolute atomic E-state index is 0.0256. The molecule has 10 heteroatoms. The van der Waals surface area contributed by atoms with Gasteiger partial charge in [-0.25, -0.2) is 0 Å². The Balaban J connectivity index is 2.14. The number of amides is 1. The molecule has 0 saturated heterocycles. The molecule has 0 fully saturated rings. The topological polar surface area (TPSA) is 153 Å². The van der Waals surface area contributed by atoms with Crippen LogP contribution in [0.2, 0.25) is 0 Å². The molecule has 0 radical (unpaired) electrons. The van der Waals surface area contributed by atoms with Gasteiger partial charge in [0.25, 0.3) is 11.6 Å². The van der Waals surface area contributed by atoms with E-state index in [0.29, 0.717) is 0 Å². The highest BCUT2D eigenvalue weighted by Crippen LogP contribution is 2.19. The highest BCUT2D eigenvalue weighted by atomic mass is 16.6. The van der Waals surface area contributed by atoms with Gasteiger partial charge in [-0.05, 0) is 6.07 Å². The Morgan fingerprint density at radius 2 is 2.32 bits per heavy atom. The van der Waals surface area contributed by atoms with Crippen LogP contribution in [-0.4, -0.2) is 31.5 Å². The number of tetrazole rings is 1. The molecule has 2 rings (SSSR count). The van der Waals surface area contributed by atoms with Crippen LogP contribution < -0.4 is 11.1 Å². The molecule has 98 valence electrons. The summed E-state index contributed by atoms with van der Waals surface area (Å²) in [5.41, 5.74) is 5.57. The molecule has 0 unspecified atom stereocenters. The van der Waals surface area contributed by atoms with Crippen molar-refractivity contribution in [2.75, 3.05) is 5.73 Å². The lowest BCUT2D eigenvalue weighted by Gasteiger charge is -2.05. The number of nitrogens with one attached hydrogen (secondary N) is 2. The van der Waals surface area contributed by atoms with E-state index in [0.717, 1.165) is 6.07 Å². The Morgan fingerprint density at radius 1 is 1.53 bits per heavy atom. The van der Waals surface area contributed by atoms with Gasteiger partial charge in [0.2, 0.25) is 0 Å². The number of benzene rings is 1. The Morgan fingerprint density at radius 3 is 2.95 bits per heavy atom. The highest BCUT2D eigenvalue weighted by Gasteiger charge is 2.15. The lowest BCUT2D eigenvalue weighted by Crippen LogP contribution is -2.24. The molecule has 1 amide bonds. The second-order valence-electron chi connectivity index (χ2n) is 3.54. The molecule has 1 aromatic carbocycles. The van der Waals surface area contributed by atoms with Crippen molar-refractivity contribution in [3.05, 3.63) is 39.7 Å². The third kappa shape index (κ3) is 2.80. The van der Waals surface area contributed by atoms with Gasteiger partial charge in [-0.3, -0.25) is 14.9 Å². The van der Waals surface area contributed by atoms with Crippen molar-refractivity contribution in [3.63, 3.8) is 0 Å². The van der Waals surface area contributed by atoms with Crippen LogP contribution >= 0.6 is 0 Å². The molecule has 0 atom stereocenters. The van der Waals surface area contributed by atoms with Crippen LogP contribution in [0.4, 0.5) is 11.4 Å². The predicted octanol–water partition coefficient (Wildman–Crippen LogP) is -0.380. The average molecular weight is 263 g/mol. The van der Waals surface area contributed by atoms with Crippen molar-refractivity contribution in [1.82, 2.24) is 25.9 Å². The zero-order chi connectivity index (χ0) is 13.8. The number of nitro benzene ring substituents is 1. The summed E-state index contributed by atoms with van der Waals surface area (Å²) in [6.45, 7) is 0.0392. The van der Waals surface area contributed by atoms with E-state index < -0.39 is 10.8 Å². The van der Waals surface area contributed by atoms with Gasteiger partial charge in [-0.2, -0.15) is 5.21 Å². The summed E-state index contributed by atoms with van der Waals surface area (Å²) in [5.74, 6) is -0.261. The van der Waals surface area contributed by atoms with Crippen molar-refractivity contribution >= 4 is 17.3 Å². The van der Waals surface area contributed by atoms with E-state index in [9.17, 15) is 14.9 Å². The molecule has 0 saturated carbocycles. The van der Waals surface area contributed by atoms with E-state index in [1.807, 2.05) is 0 Å². The Kier molecular flexibility index (Phi) is 3.32. The number of aromatic nitrogens is 4. The zero-order valence-electron chi connectivity index (χ0n) is 9.53. The van der Waals surface area contributed by atoms with Crippen molar-refractivity contribution in [2.24, 2.45) is 0 Å². The summed E-state index contributed by atoms with van der Waals surface area (Å²) in [7, 11) is 0. The largest absolute Gasteiger partial charge is 0.398 e. The molecule has 0 spiro atoms. The monoisotopic (exact) mass is 263 g/mol. The number of nitrogen functional groups attached to an aromatic ring is 1. The summed E-state index contributed by atoms with van der Waals surface area (Å²) in [6, 6.07) is 3.65. The van der Waals surface area contributed by atoms with Gasteiger partial charge >= 0.3 is 0 Å². The van der Waals surface area contributed by atoms with E-state index in [4.69, 9.17) is 5.73 Å². The van der Waals surface area contributed by atoms with Crippen LogP contribution in [-0.2, 0) is 6.54 Å². The lowest BCUT2D eigenvalue weighted by molar-refractivity contribution is -0.384. The molecule has 1 heterocycles. The molecule has 4 N–H and O–H groups in total. The van der Waals surface area contributed by atoms with Crippen LogP contribution in [0.25, 0.3) is 0 Å². The zero-order valence-corrected chi connectivity index (χ0v) is 9.53. The van der Waals surface area contributed by atoms with E-state index >= 15 is 0 Å². The molecule has 2 aromatic rings. The Hall–Kier alpha value is -3.04. The summed E-state index contributed by atoms with van der Waals surface area (Å²) in [6.07, 6.45) is 0. The molecule has 10 nitrogen and oxygen atoms in total. The fourth-order valence-electron chi connectivity index (χ4n) is 1.37. The van der Waals surface area contributed by atoms with Crippen molar-refractivity contribution in [3.8, 4) is 0 Å². The maximum absolute atomic E-state index is 11.8. The summed E-state index contributed by atoms with van der Waals surface area (Å²) in [4.78, 5) is 21.9. The second kappa shape index (κ2) is 5.08. The fourth-order valence-corrected chi connectivity index (χ4v) is 1.37. The molecule has 19 heavy (non-hydrogen) atoms. The third-order valence-corrected chi connectivity index (χ3v) is 2.29. The molecule has 1 aromatic heterocycles. The number of non-ortho nitro benzene ring substituents is 1. The first-order valence-corrected chi connectivity index (χ1v) is 5.12. The second-order valence-corrected chi connectivity index (χ2v) is 3.54. The Labute approximate surface area is 106 Å². The highest BCUT2D eigenvalue weighted by molar-refractivity contribution is 5.99. The van der Waals surface area contributed by atoms with Crippen molar-refractivity contribution in [1.29, 1.82) is 0 Å². The van der Waals surface area contributed by atoms with E-state index in [2.05, 4.69) is 25.9 Å². The van der Waals surface area contributed by atoms with E-state index in [1.54, 1.807) is 0 Å². The number of nitro groups is 1. The van der Waals surface area contributed by atoms with Crippen LogP contribution in [0.5, 0.6) is 0 Å². The van der Waals surface area contributed by atoms with Crippen LogP contribution in [0.15, 0.2) is 18.2 Å². The van der Waals surface area contributed by atoms with E-state index in [-0.39, 0.29) is 29.3 Å². The maximum atomic E-state index is 11.8. The number of nitrogens with two attached hydrogens (primary N) is 1. The van der Waals surface area contributed by atoms with Gasteiger partial charge in [0.15, 0.2) is 5.82 Å². The number of H-pyrrole nitrogens is 1. The first kappa shape index (κ1) is 12.4. The molecule has 0 aliphatic heterocycles. The number of anilines is 1. The third-order valence-electron chi connectivity index (χ3n) is 2.29. The Bertz CT molecular complexity index is 610. The smallest absolute Gasteiger partial charge is 0.270 e. The van der Waals surface area contributed by atoms with Crippen LogP contribution in [0.1, 0.15) is 16.2 Å². The van der Waals surface area contributed by atoms with E-state index in [1.165, 1.54) is 12.1 Å². The van der Waals surface area contributed by atoms with Gasteiger partial charge < -0.3 is 11.1 Å². The number of nitrogens with zero attached hydrogens (tertiary/aromatic N) is 4. The van der Waals surface area contributed by atoms with Gasteiger partial charge in [0.1, 0.15) is 0 Å². The minimum Gasteiger partial charge on any atom is -0.398 e. The average Bonchev–Trinajstić information content (AvgIpc) is 2.89. The first-order chi connectivity index (χ1) is 9.08. The number of carbonyl (C=O) groups is 1.